The van der Waals surface area contributed by atoms with Crippen LogP contribution in [0.3, 0.4) is 0 Å². The lowest BCUT2D eigenvalue weighted by atomic mass is 9.69. The van der Waals surface area contributed by atoms with Gasteiger partial charge in [-0.05, 0) is 49.3 Å². The van der Waals surface area contributed by atoms with Crippen molar-refractivity contribution in [3.8, 4) is 0 Å². The highest BCUT2D eigenvalue weighted by Gasteiger charge is 2.43. The van der Waals surface area contributed by atoms with E-state index in [4.69, 9.17) is 0 Å². The maximum Gasteiger partial charge on any atom is 0.230 e. The van der Waals surface area contributed by atoms with Crippen LogP contribution in [0.5, 0.6) is 0 Å². The fourth-order valence-electron chi connectivity index (χ4n) is 4.38. The Labute approximate surface area is 150 Å². The van der Waals surface area contributed by atoms with Gasteiger partial charge in [-0.15, -0.1) is 0 Å². The second-order valence-corrected chi connectivity index (χ2v) is 8.70. The van der Waals surface area contributed by atoms with Crippen molar-refractivity contribution in [3.63, 3.8) is 0 Å². The van der Waals surface area contributed by atoms with Crippen LogP contribution in [0.4, 0.5) is 5.69 Å². The number of benzene rings is 1. The lowest BCUT2D eigenvalue weighted by Crippen LogP contribution is -2.48. The summed E-state index contributed by atoms with van der Waals surface area (Å²) < 4.78 is 0. The maximum absolute atomic E-state index is 12.9. The van der Waals surface area contributed by atoms with Crippen molar-refractivity contribution in [1.29, 1.82) is 0 Å². The minimum absolute atomic E-state index is 0.126. The molecule has 0 bridgehead atoms. The molecule has 4 nitrogen and oxygen atoms in total. The third kappa shape index (κ3) is 2.76. The maximum atomic E-state index is 12.9. The first-order chi connectivity index (χ1) is 11.9. The molecule has 0 unspecified atom stereocenters. The number of anilines is 1. The lowest BCUT2D eigenvalue weighted by molar-refractivity contribution is -0.147. The third-order valence-corrected chi connectivity index (χ3v) is 6.79. The van der Waals surface area contributed by atoms with Gasteiger partial charge in [0.2, 0.25) is 11.8 Å². The van der Waals surface area contributed by atoms with E-state index in [1.807, 2.05) is 17.0 Å². The Kier molecular flexibility index (Phi) is 3.89. The van der Waals surface area contributed by atoms with Crippen molar-refractivity contribution < 1.29 is 9.59 Å². The standard InChI is InChI=1S/C21H28N2O2/c1-20(9-4-10-20)18(24)22-17-7-3-6-15-8-13-23(14-16(15)17)19(25)21(2)11-5-12-21/h3,6-7H,4-5,8-14H2,1-2H3,(H,22,24). The highest BCUT2D eigenvalue weighted by molar-refractivity contribution is 5.96. The molecule has 0 radical (unpaired) electrons. The molecule has 134 valence electrons. The number of amides is 2. The molecule has 2 aliphatic carbocycles. The zero-order valence-electron chi connectivity index (χ0n) is 15.4. The molecule has 0 saturated heterocycles. The van der Waals surface area contributed by atoms with Crippen molar-refractivity contribution in [2.24, 2.45) is 10.8 Å². The van der Waals surface area contributed by atoms with Gasteiger partial charge in [0.25, 0.3) is 0 Å². The predicted octanol–water partition coefficient (Wildman–Crippen LogP) is 3.89. The second-order valence-electron chi connectivity index (χ2n) is 8.70. The SMILES string of the molecule is CC1(C(=O)Nc2cccc3c2CN(C(=O)C2(C)CCC2)CC3)CCC1. The monoisotopic (exact) mass is 340 g/mol. The number of hydrogen-bond donors (Lipinski definition) is 1. The van der Waals surface area contributed by atoms with E-state index in [0.717, 1.165) is 62.7 Å². The summed E-state index contributed by atoms with van der Waals surface area (Å²) in [7, 11) is 0. The Morgan fingerprint density at radius 2 is 1.72 bits per heavy atom. The van der Waals surface area contributed by atoms with Crippen molar-refractivity contribution in [1.82, 2.24) is 4.90 Å². The van der Waals surface area contributed by atoms with Crippen molar-refractivity contribution in [2.75, 3.05) is 11.9 Å². The van der Waals surface area contributed by atoms with Crippen LogP contribution < -0.4 is 5.32 Å². The normalized spacial score (nSPS) is 23.0. The molecular weight excluding hydrogens is 312 g/mol. The average molecular weight is 340 g/mol. The first-order valence-electron chi connectivity index (χ1n) is 9.63. The molecule has 2 saturated carbocycles. The Hall–Kier alpha value is -1.84. The summed E-state index contributed by atoms with van der Waals surface area (Å²) in [5.74, 6) is 0.415. The van der Waals surface area contributed by atoms with E-state index >= 15 is 0 Å². The molecule has 25 heavy (non-hydrogen) atoms. The molecule has 3 aliphatic rings. The quantitative estimate of drug-likeness (QED) is 0.907. The van der Waals surface area contributed by atoms with Crippen molar-refractivity contribution in [3.05, 3.63) is 29.3 Å². The average Bonchev–Trinajstić information content (AvgIpc) is 2.56. The summed E-state index contributed by atoms with van der Waals surface area (Å²) in [5, 5.41) is 3.16. The number of fused-ring (bicyclic) bond motifs is 1. The summed E-state index contributed by atoms with van der Waals surface area (Å²) in [5.41, 5.74) is 2.91. The van der Waals surface area contributed by atoms with Gasteiger partial charge in [0.1, 0.15) is 0 Å². The fraction of sp³-hybridized carbons (Fsp3) is 0.619. The molecule has 4 rings (SSSR count). The molecule has 1 N–H and O–H groups in total. The van der Waals surface area contributed by atoms with Crippen LogP contribution in [0.2, 0.25) is 0 Å². The molecular formula is C21H28N2O2. The van der Waals surface area contributed by atoms with Gasteiger partial charge in [0.05, 0.1) is 0 Å². The highest BCUT2D eigenvalue weighted by atomic mass is 16.2. The fourth-order valence-corrected chi connectivity index (χ4v) is 4.38. The summed E-state index contributed by atoms with van der Waals surface area (Å²) in [6, 6.07) is 6.13. The molecule has 0 aromatic heterocycles. The van der Waals surface area contributed by atoms with Crippen LogP contribution in [-0.4, -0.2) is 23.3 Å². The minimum Gasteiger partial charge on any atom is -0.337 e. The van der Waals surface area contributed by atoms with Gasteiger partial charge in [0.15, 0.2) is 0 Å². The Bertz CT molecular complexity index is 717. The molecule has 1 aromatic rings. The van der Waals surface area contributed by atoms with Gasteiger partial charge in [0, 0.05) is 29.6 Å². The minimum atomic E-state index is -0.216. The van der Waals surface area contributed by atoms with Gasteiger partial charge in [-0.2, -0.15) is 0 Å². The van der Waals surface area contributed by atoms with Crippen LogP contribution in [0.1, 0.15) is 63.5 Å². The summed E-state index contributed by atoms with van der Waals surface area (Å²) >= 11 is 0. The number of carbonyl (C=O) groups excluding carboxylic acids is 2. The van der Waals surface area contributed by atoms with Gasteiger partial charge < -0.3 is 10.2 Å². The van der Waals surface area contributed by atoms with E-state index in [9.17, 15) is 9.59 Å². The Balaban J connectivity index is 1.54. The van der Waals surface area contributed by atoms with E-state index in [-0.39, 0.29) is 22.6 Å². The highest BCUT2D eigenvalue weighted by Crippen LogP contribution is 2.44. The van der Waals surface area contributed by atoms with Crippen LogP contribution in [0, 0.1) is 10.8 Å². The smallest absolute Gasteiger partial charge is 0.230 e. The number of hydrogen-bond acceptors (Lipinski definition) is 2. The van der Waals surface area contributed by atoms with E-state index in [2.05, 4.69) is 25.2 Å². The number of rotatable bonds is 3. The topological polar surface area (TPSA) is 49.4 Å². The van der Waals surface area contributed by atoms with Crippen molar-refractivity contribution in [2.45, 2.75) is 65.3 Å². The molecule has 1 aromatic carbocycles. The van der Waals surface area contributed by atoms with Gasteiger partial charge in [-0.1, -0.05) is 38.8 Å². The zero-order chi connectivity index (χ0) is 17.7. The second kappa shape index (κ2) is 5.86. The van der Waals surface area contributed by atoms with Crippen LogP contribution in [0.25, 0.3) is 0 Å². The Morgan fingerprint density at radius 3 is 2.32 bits per heavy atom. The first kappa shape index (κ1) is 16.6. The number of nitrogens with one attached hydrogen (secondary N) is 1. The summed E-state index contributed by atoms with van der Waals surface area (Å²) in [6.45, 7) is 5.56. The number of carbonyl (C=O) groups is 2. The zero-order valence-corrected chi connectivity index (χ0v) is 15.4. The predicted molar refractivity (Wildman–Crippen MR) is 98.1 cm³/mol. The molecule has 1 aliphatic heterocycles. The largest absolute Gasteiger partial charge is 0.337 e. The van der Waals surface area contributed by atoms with Crippen LogP contribution >= 0.6 is 0 Å². The van der Waals surface area contributed by atoms with Crippen molar-refractivity contribution >= 4 is 17.5 Å². The third-order valence-electron chi connectivity index (χ3n) is 6.79. The summed E-state index contributed by atoms with van der Waals surface area (Å²) in [6.07, 6.45) is 7.12. The van der Waals surface area contributed by atoms with Gasteiger partial charge >= 0.3 is 0 Å². The molecule has 2 fully saturated rings. The van der Waals surface area contributed by atoms with Crippen LogP contribution in [0.15, 0.2) is 18.2 Å². The van der Waals surface area contributed by atoms with E-state index < -0.39 is 0 Å². The first-order valence-corrected chi connectivity index (χ1v) is 9.63. The lowest BCUT2D eigenvalue weighted by Gasteiger charge is -2.42. The molecule has 0 atom stereocenters. The molecule has 2 amide bonds. The molecule has 0 spiro atoms. The van der Waals surface area contributed by atoms with E-state index in [1.165, 1.54) is 5.56 Å². The van der Waals surface area contributed by atoms with E-state index in [0.29, 0.717) is 6.54 Å². The van der Waals surface area contributed by atoms with Gasteiger partial charge in [-0.3, -0.25) is 9.59 Å². The Morgan fingerprint density at radius 1 is 1.04 bits per heavy atom. The number of nitrogens with zero attached hydrogens (tertiary/aromatic N) is 1. The summed E-state index contributed by atoms with van der Waals surface area (Å²) in [4.78, 5) is 27.5. The molecule has 1 heterocycles. The molecule has 4 heteroatoms. The van der Waals surface area contributed by atoms with E-state index in [1.54, 1.807) is 0 Å². The van der Waals surface area contributed by atoms with Crippen LogP contribution in [-0.2, 0) is 22.6 Å². The van der Waals surface area contributed by atoms with Gasteiger partial charge in [-0.25, -0.2) is 0 Å².